The van der Waals surface area contributed by atoms with Gasteiger partial charge in [0.15, 0.2) is 0 Å². The van der Waals surface area contributed by atoms with Crippen LogP contribution in [0.25, 0.3) is 0 Å². The molecule has 0 N–H and O–H groups in total. The number of benzene rings is 2. The highest BCUT2D eigenvalue weighted by molar-refractivity contribution is 8.00. The van der Waals surface area contributed by atoms with E-state index in [1.165, 1.54) is 25.7 Å². The summed E-state index contributed by atoms with van der Waals surface area (Å²) in [4.78, 5) is 15.1. The number of anilines is 1. The Morgan fingerprint density at radius 2 is 1.76 bits per heavy atom. The van der Waals surface area contributed by atoms with Gasteiger partial charge in [-0.15, -0.1) is 11.8 Å². The summed E-state index contributed by atoms with van der Waals surface area (Å²) in [7, 11) is 0. The minimum Gasteiger partial charge on any atom is -0.489 e. The van der Waals surface area contributed by atoms with E-state index in [0.29, 0.717) is 17.6 Å². The van der Waals surface area contributed by atoms with E-state index < -0.39 is 0 Å². The fraction of sp³-hybridized carbons (Fsp3) is 0.381. The van der Waals surface area contributed by atoms with Gasteiger partial charge in [-0.3, -0.25) is 9.69 Å². The molecule has 0 bridgehead atoms. The Balaban J connectivity index is 1.60. The van der Waals surface area contributed by atoms with Gasteiger partial charge < -0.3 is 4.74 Å². The molecule has 1 aliphatic carbocycles. The summed E-state index contributed by atoms with van der Waals surface area (Å²) in [5.74, 6) is 1.53. The highest BCUT2D eigenvalue weighted by atomic mass is 32.2. The molecule has 4 rings (SSSR count). The van der Waals surface area contributed by atoms with Crippen molar-refractivity contribution < 1.29 is 9.53 Å². The molecule has 0 radical (unpaired) electrons. The molecule has 2 aromatic rings. The molecule has 1 atom stereocenters. The van der Waals surface area contributed by atoms with Gasteiger partial charge in [-0.2, -0.15) is 0 Å². The standard InChI is InChI=1S/C21H23NO2S/c23-21(15-25-17-10-4-5-11-17)22-18-12-6-7-13-20(18)24-14-19(22)16-8-2-1-3-9-16/h1-3,6-9,12-13,17,19H,4-5,10-11,14-15H2/t19-/m0/s1. The second-order valence-electron chi connectivity index (χ2n) is 6.69. The molecule has 0 unspecified atom stereocenters. The largest absolute Gasteiger partial charge is 0.489 e. The molecular formula is C21H23NO2S. The van der Waals surface area contributed by atoms with E-state index in [9.17, 15) is 4.79 Å². The number of carbonyl (C=O) groups is 1. The Morgan fingerprint density at radius 1 is 1.04 bits per heavy atom. The number of para-hydroxylation sites is 2. The molecule has 1 fully saturated rings. The van der Waals surface area contributed by atoms with E-state index in [4.69, 9.17) is 4.74 Å². The summed E-state index contributed by atoms with van der Waals surface area (Å²) < 4.78 is 5.95. The molecule has 2 aromatic carbocycles. The van der Waals surface area contributed by atoms with Crippen LogP contribution in [-0.4, -0.2) is 23.5 Å². The van der Waals surface area contributed by atoms with Gasteiger partial charge in [-0.1, -0.05) is 55.3 Å². The van der Waals surface area contributed by atoms with Crippen molar-refractivity contribution in [2.45, 2.75) is 37.0 Å². The molecule has 2 aliphatic rings. The predicted octanol–water partition coefficient (Wildman–Crippen LogP) is 4.83. The zero-order chi connectivity index (χ0) is 17.1. The summed E-state index contributed by atoms with van der Waals surface area (Å²) in [6.07, 6.45) is 5.11. The monoisotopic (exact) mass is 353 g/mol. The van der Waals surface area contributed by atoms with E-state index in [0.717, 1.165) is 17.0 Å². The number of carbonyl (C=O) groups excluding carboxylic acids is 1. The Labute approximate surface area is 153 Å². The minimum absolute atomic E-state index is 0.0622. The normalized spacial score (nSPS) is 20.2. The van der Waals surface area contributed by atoms with Crippen molar-refractivity contribution in [1.29, 1.82) is 0 Å². The van der Waals surface area contributed by atoms with Crippen LogP contribution in [0.5, 0.6) is 5.75 Å². The van der Waals surface area contributed by atoms with E-state index in [2.05, 4.69) is 12.1 Å². The molecule has 0 aromatic heterocycles. The third-order valence-electron chi connectivity index (χ3n) is 5.03. The number of nitrogens with zero attached hydrogens (tertiary/aromatic N) is 1. The van der Waals surface area contributed by atoms with Crippen LogP contribution >= 0.6 is 11.8 Å². The van der Waals surface area contributed by atoms with Crippen molar-refractivity contribution in [2.75, 3.05) is 17.3 Å². The van der Waals surface area contributed by atoms with E-state index in [1.54, 1.807) is 0 Å². The lowest BCUT2D eigenvalue weighted by Crippen LogP contribution is -2.42. The molecule has 1 aliphatic heterocycles. The van der Waals surface area contributed by atoms with E-state index in [-0.39, 0.29) is 11.9 Å². The quantitative estimate of drug-likeness (QED) is 0.788. The Bertz CT molecular complexity index is 728. The Hall–Kier alpha value is -1.94. The van der Waals surface area contributed by atoms with Crippen LogP contribution < -0.4 is 9.64 Å². The summed E-state index contributed by atoms with van der Waals surface area (Å²) in [6.45, 7) is 0.501. The zero-order valence-electron chi connectivity index (χ0n) is 14.3. The molecule has 130 valence electrons. The molecule has 1 heterocycles. The third kappa shape index (κ3) is 3.54. The number of amides is 1. The average molecular weight is 353 g/mol. The molecule has 0 saturated heterocycles. The lowest BCUT2D eigenvalue weighted by Gasteiger charge is -2.37. The summed E-state index contributed by atoms with van der Waals surface area (Å²) in [5, 5.41) is 0.649. The maximum absolute atomic E-state index is 13.2. The van der Waals surface area contributed by atoms with Crippen molar-refractivity contribution >= 4 is 23.4 Å². The van der Waals surface area contributed by atoms with Crippen LogP contribution in [0.1, 0.15) is 37.3 Å². The van der Waals surface area contributed by atoms with Gasteiger partial charge in [0.25, 0.3) is 0 Å². The first kappa shape index (κ1) is 16.5. The van der Waals surface area contributed by atoms with Crippen molar-refractivity contribution in [3.63, 3.8) is 0 Å². The molecule has 1 amide bonds. The van der Waals surface area contributed by atoms with Gasteiger partial charge in [0.2, 0.25) is 5.91 Å². The second-order valence-corrected chi connectivity index (χ2v) is 7.98. The van der Waals surface area contributed by atoms with Crippen LogP contribution in [0.15, 0.2) is 54.6 Å². The average Bonchev–Trinajstić information content (AvgIpc) is 3.19. The number of thioether (sulfide) groups is 1. The van der Waals surface area contributed by atoms with Crippen LogP contribution in [0, 0.1) is 0 Å². The van der Waals surface area contributed by atoms with Crippen molar-refractivity contribution in [3.05, 3.63) is 60.2 Å². The highest BCUT2D eigenvalue weighted by Gasteiger charge is 2.33. The van der Waals surface area contributed by atoms with Crippen molar-refractivity contribution in [3.8, 4) is 5.75 Å². The first-order valence-electron chi connectivity index (χ1n) is 9.03. The Morgan fingerprint density at radius 3 is 2.56 bits per heavy atom. The second kappa shape index (κ2) is 7.52. The molecule has 25 heavy (non-hydrogen) atoms. The summed E-state index contributed by atoms with van der Waals surface area (Å²) in [5.41, 5.74) is 2.01. The lowest BCUT2D eigenvalue weighted by atomic mass is 10.0. The van der Waals surface area contributed by atoms with Gasteiger partial charge in [0.1, 0.15) is 12.4 Å². The van der Waals surface area contributed by atoms with E-state index >= 15 is 0 Å². The van der Waals surface area contributed by atoms with Gasteiger partial charge in [-0.25, -0.2) is 0 Å². The fourth-order valence-electron chi connectivity index (χ4n) is 3.73. The zero-order valence-corrected chi connectivity index (χ0v) is 15.1. The predicted molar refractivity (Wildman–Crippen MR) is 103 cm³/mol. The number of hydrogen-bond acceptors (Lipinski definition) is 3. The van der Waals surface area contributed by atoms with Gasteiger partial charge >= 0.3 is 0 Å². The minimum atomic E-state index is -0.0622. The van der Waals surface area contributed by atoms with Crippen LogP contribution in [0.2, 0.25) is 0 Å². The number of fused-ring (bicyclic) bond motifs is 1. The number of ether oxygens (including phenoxy) is 1. The fourth-order valence-corrected chi connectivity index (χ4v) is 4.92. The lowest BCUT2D eigenvalue weighted by molar-refractivity contribution is -0.117. The first-order valence-corrected chi connectivity index (χ1v) is 10.1. The maximum Gasteiger partial charge on any atom is 0.237 e. The van der Waals surface area contributed by atoms with Crippen molar-refractivity contribution in [2.24, 2.45) is 0 Å². The van der Waals surface area contributed by atoms with Crippen molar-refractivity contribution in [1.82, 2.24) is 0 Å². The van der Waals surface area contributed by atoms with Gasteiger partial charge in [0.05, 0.1) is 17.5 Å². The third-order valence-corrected chi connectivity index (χ3v) is 6.39. The summed E-state index contributed by atoms with van der Waals surface area (Å²) >= 11 is 1.83. The van der Waals surface area contributed by atoms with E-state index in [1.807, 2.05) is 59.1 Å². The highest BCUT2D eigenvalue weighted by Crippen LogP contribution is 2.40. The smallest absolute Gasteiger partial charge is 0.237 e. The van der Waals surface area contributed by atoms with Gasteiger partial charge in [-0.05, 0) is 30.5 Å². The first-order chi connectivity index (χ1) is 12.3. The molecule has 1 saturated carbocycles. The van der Waals surface area contributed by atoms with Crippen LogP contribution in [0.4, 0.5) is 5.69 Å². The number of hydrogen-bond donors (Lipinski definition) is 0. The topological polar surface area (TPSA) is 29.5 Å². The molecule has 4 heteroatoms. The molecule has 0 spiro atoms. The molecule has 3 nitrogen and oxygen atoms in total. The Kier molecular flexibility index (Phi) is 4.97. The van der Waals surface area contributed by atoms with Crippen LogP contribution in [0.3, 0.4) is 0 Å². The summed E-state index contributed by atoms with van der Waals surface area (Å²) in [6, 6.07) is 18.0. The SMILES string of the molecule is O=C(CSC1CCCC1)N1c2ccccc2OC[C@H]1c1ccccc1. The number of rotatable bonds is 4. The maximum atomic E-state index is 13.2. The van der Waals surface area contributed by atoms with Gasteiger partial charge in [0, 0.05) is 5.25 Å². The molecular weight excluding hydrogens is 330 g/mol. The van der Waals surface area contributed by atoms with Crippen LogP contribution in [-0.2, 0) is 4.79 Å².